The Labute approximate surface area is 107 Å². The van der Waals surface area contributed by atoms with Crippen molar-refractivity contribution in [1.29, 1.82) is 0 Å². The quantitative estimate of drug-likeness (QED) is 0.877. The van der Waals surface area contributed by atoms with E-state index in [-0.39, 0.29) is 0 Å². The van der Waals surface area contributed by atoms with Crippen molar-refractivity contribution in [2.24, 2.45) is 0 Å². The van der Waals surface area contributed by atoms with Gasteiger partial charge >= 0.3 is 0 Å². The Hall–Kier alpha value is -2.10. The first-order valence-electron chi connectivity index (χ1n) is 6.00. The van der Waals surface area contributed by atoms with E-state index >= 15 is 0 Å². The second-order valence-corrected chi connectivity index (χ2v) is 3.91. The number of hydrogen-bond donors (Lipinski definition) is 1. The van der Waals surface area contributed by atoms with Crippen molar-refractivity contribution in [3.05, 3.63) is 47.9 Å². The first-order chi connectivity index (χ1) is 8.81. The monoisotopic (exact) mass is 243 g/mol. The average Bonchev–Trinajstić information content (AvgIpc) is 2.46. The number of hydrogen-bond acceptors (Lipinski definition) is 4. The van der Waals surface area contributed by atoms with E-state index in [1.165, 1.54) is 5.56 Å². The first-order valence-corrected chi connectivity index (χ1v) is 6.00. The highest BCUT2D eigenvalue weighted by Crippen LogP contribution is 2.12. The van der Waals surface area contributed by atoms with Crippen LogP contribution >= 0.6 is 0 Å². The number of nitrogens with one attached hydrogen (secondary N) is 1. The number of rotatable bonds is 5. The molecule has 1 N–H and O–H groups in total. The Balaban J connectivity index is 1.97. The van der Waals surface area contributed by atoms with Gasteiger partial charge in [0, 0.05) is 19.2 Å². The van der Waals surface area contributed by atoms with Crippen molar-refractivity contribution in [2.75, 3.05) is 12.4 Å². The van der Waals surface area contributed by atoms with Crippen LogP contribution in [0.2, 0.25) is 0 Å². The zero-order valence-electron chi connectivity index (χ0n) is 10.7. The summed E-state index contributed by atoms with van der Waals surface area (Å²) in [5, 5.41) is 3.28. The SMILES string of the molecule is CCc1nccc(NCc2ccc(OC)cc2)n1. The summed E-state index contributed by atoms with van der Waals surface area (Å²) in [6.45, 7) is 2.78. The summed E-state index contributed by atoms with van der Waals surface area (Å²) in [7, 11) is 1.67. The van der Waals surface area contributed by atoms with Crippen molar-refractivity contribution < 1.29 is 4.74 Å². The van der Waals surface area contributed by atoms with Crippen LogP contribution in [0.3, 0.4) is 0 Å². The molecule has 2 aromatic rings. The molecule has 0 atom stereocenters. The highest BCUT2D eigenvalue weighted by atomic mass is 16.5. The van der Waals surface area contributed by atoms with E-state index in [2.05, 4.69) is 15.3 Å². The van der Waals surface area contributed by atoms with E-state index in [4.69, 9.17) is 4.74 Å². The van der Waals surface area contributed by atoms with Crippen molar-refractivity contribution in [1.82, 2.24) is 9.97 Å². The molecule has 0 aliphatic carbocycles. The minimum absolute atomic E-state index is 0.740. The van der Waals surface area contributed by atoms with Crippen LogP contribution in [0.1, 0.15) is 18.3 Å². The Morgan fingerprint density at radius 2 is 1.94 bits per heavy atom. The fraction of sp³-hybridized carbons (Fsp3) is 0.286. The van der Waals surface area contributed by atoms with E-state index < -0.39 is 0 Å². The fourth-order valence-corrected chi connectivity index (χ4v) is 1.60. The first kappa shape index (κ1) is 12.4. The van der Waals surface area contributed by atoms with Gasteiger partial charge in [-0.15, -0.1) is 0 Å². The zero-order valence-corrected chi connectivity index (χ0v) is 10.7. The van der Waals surface area contributed by atoms with Crippen LogP contribution in [-0.4, -0.2) is 17.1 Å². The summed E-state index contributed by atoms with van der Waals surface area (Å²) in [6, 6.07) is 9.85. The van der Waals surface area contributed by atoms with Gasteiger partial charge in [0.25, 0.3) is 0 Å². The molecule has 0 spiro atoms. The second-order valence-electron chi connectivity index (χ2n) is 3.91. The van der Waals surface area contributed by atoms with Gasteiger partial charge in [0.15, 0.2) is 0 Å². The molecule has 0 saturated carbocycles. The van der Waals surface area contributed by atoms with E-state index in [1.807, 2.05) is 37.3 Å². The van der Waals surface area contributed by atoms with Crippen molar-refractivity contribution in [3.8, 4) is 5.75 Å². The van der Waals surface area contributed by atoms with Crippen LogP contribution in [0.15, 0.2) is 36.5 Å². The number of ether oxygens (including phenoxy) is 1. The van der Waals surface area contributed by atoms with Gasteiger partial charge in [-0.25, -0.2) is 9.97 Å². The van der Waals surface area contributed by atoms with Gasteiger partial charge in [-0.2, -0.15) is 0 Å². The van der Waals surface area contributed by atoms with Gasteiger partial charge in [0.05, 0.1) is 7.11 Å². The van der Waals surface area contributed by atoms with Gasteiger partial charge in [-0.1, -0.05) is 19.1 Å². The summed E-state index contributed by atoms with van der Waals surface area (Å²) in [5.74, 6) is 2.58. The Kier molecular flexibility index (Phi) is 4.12. The minimum Gasteiger partial charge on any atom is -0.497 e. The molecule has 1 aromatic carbocycles. The van der Waals surface area contributed by atoms with E-state index in [0.29, 0.717) is 0 Å². The number of aryl methyl sites for hydroxylation is 1. The summed E-state index contributed by atoms with van der Waals surface area (Å²) in [6.07, 6.45) is 2.63. The maximum atomic E-state index is 5.12. The second kappa shape index (κ2) is 6.00. The zero-order chi connectivity index (χ0) is 12.8. The summed E-state index contributed by atoms with van der Waals surface area (Å²) >= 11 is 0. The summed E-state index contributed by atoms with van der Waals surface area (Å²) < 4.78 is 5.12. The molecule has 0 aliphatic heterocycles. The van der Waals surface area contributed by atoms with Crippen molar-refractivity contribution >= 4 is 5.82 Å². The maximum Gasteiger partial charge on any atom is 0.130 e. The number of anilines is 1. The topological polar surface area (TPSA) is 47.0 Å². The number of nitrogens with zero attached hydrogens (tertiary/aromatic N) is 2. The predicted molar refractivity (Wildman–Crippen MR) is 71.7 cm³/mol. The molecule has 4 nitrogen and oxygen atoms in total. The lowest BCUT2D eigenvalue weighted by molar-refractivity contribution is 0.414. The van der Waals surface area contributed by atoms with Gasteiger partial charge in [-0.3, -0.25) is 0 Å². The van der Waals surface area contributed by atoms with E-state index in [1.54, 1.807) is 13.3 Å². The maximum absolute atomic E-state index is 5.12. The molecule has 94 valence electrons. The van der Waals surface area contributed by atoms with Crippen LogP contribution in [0.4, 0.5) is 5.82 Å². The van der Waals surface area contributed by atoms with Crippen LogP contribution < -0.4 is 10.1 Å². The molecule has 2 rings (SSSR count). The largest absolute Gasteiger partial charge is 0.497 e. The molecule has 0 amide bonds. The normalized spacial score (nSPS) is 10.1. The van der Waals surface area contributed by atoms with E-state index in [9.17, 15) is 0 Å². The molecule has 0 saturated heterocycles. The Bertz CT molecular complexity index is 497. The van der Waals surface area contributed by atoms with Gasteiger partial charge in [-0.05, 0) is 23.8 Å². The fourth-order valence-electron chi connectivity index (χ4n) is 1.60. The van der Waals surface area contributed by atoms with Crippen LogP contribution in [0, 0.1) is 0 Å². The van der Waals surface area contributed by atoms with E-state index in [0.717, 1.165) is 30.4 Å². The number of aromatic nitrogens is 2. The minimum atomic E-state index is 0.740. The molecule has 1 heterocycles. The summed E-state index contributed by atoms with van der Waals surface area (Å²) in [4.78, 5) is 8.56. The lowest BCUT2D eigenvalue weighted by Gasteiger charge is -2.07. The molecule has 0 bridgehead atoms. The molecule has 1 aromatic heterocycles. The smallest absolute Gasteiger partial charge is 0.130 e. The molecular formula is C14H17N3O. The third-order valence-electron chi connectivity index (χ3n) is 2.65. The predicted octanol–water partition coefficient (Wildman–Crippen LogP) is 2.66. The molecular weight excluding hydrogens is 226 g/mol. The molecule has 4 heteroatoms. The lowest BCUT2D eigenvalue weighted by Crippen LogP contribution is -2.03. The molecule has 0 fully saturated rings. The standard InChI is InChI=1S/C14H17N3O/c1-3-13-15-9-8-14(17-13)16-10-11-4-6-12(18-2)7-5-11/h4-9H,3,10H2,1-2H3,(H,15,16,17). The number of benzene rings is 1. The average molecular weight is 243 g/mol. The highest BCUT2D eigenvalue weighted by molar-refractivity contribution is 5.35. The highest BCUT2D eigenvalue weighted by Gasteiger charge is 1.98. The lowest BCUT2D eigenvalue weighted by atomic mass is 10.2. The third kappa shape index (κ3) is 3.20. The Morgan fingerprint density at radius 1 is 1.17 bits per heavy atom. The summed E-state index contributed by atoms with van der Waals surface area (Å²) in [5.41, 5.74) is 1.19. The number of methoxy groups -OCH3 is 1. The Morgan fingerprint density at radius 3 is 2.61 bits per heavy atom. The van der Waals surface area contributed by atoms with Crippen molar-refractivity contribution in [3.63, 3.8) is 0 Å². The van der Waals surface area contributed by atoms with Crippen LogP contribution in [0.25, 0.3) is 0 Å². The van der Waals surface area contributed by atoms with Gasteiger partial charge in [0.2, 0.25) is 0 Å². The van der Waals surface area contributed by atoms with Crippen LogP contribution in [0.5, 0.6) is 5.75 Å². The molecule has 0 aliphatic rings. The molecule has 0 radical (unpaired) electrons. The third-order valence-corrected chi connectivity index (χ3v) is 2.65. The van der Waals surface area contributed by atoms with Crippen LogP contribution in [-0.2, 0) is 13.0 Å². The molecule has 18 heavy (non-hydrogen) atoms. The molecule has 0 unspecified atom stereocenters. The van der Waals surface area contributed by atoms with Gasteiger partial charge < -0.3 is 10.1 Å². The van der Waals surface area contributed by atoms with Crippen molar-refractivity contribution in [2.45, 2.75) is 19.9 Å². The van der Waals surface area contributed by atoms with Gasteiger partial charge in [0.1, 0.15) is 17.4 Å².